The largest absolute Gasteiger partial charge is 0.441 e. The van der Waals surface area contributed by atoms with Crippen LogP contribution in [0.4, 0.5) is 4.79 Å². The van der Waals surface area contributed by atoms with E-state index in [2.05, 4.69) is 44.2 Å². The first-order valence-corrected chi connectivity index (χ1v) is 12.4. The molecule has 1 amide bonds. The first kappa shape index (κ1) is 20.8. The van der Waals surface area contributed by atoms with Gasteiger partial charge in [0.1, 0.15) is 0 Å². The Balaban J connectivity index is 1.87. The Hall–Kier alpha value is -1.91. The van der Waals surface area contributed by atoms with Crippen molar-refractivity contribution in [3.63, 3.8) is 0 Å². The fraction of sp³-hybridized carbons (Fsp3) is 0.722. The summed E-state index contributed by atoms with van der Waals surface area (Å²) in [5.41, 5.74) is -0.670. The molecule has 156 valence electrons. The number of hydrogen-bond acceptors (Lipinski definition) is 6. The number of carbonyl (C=O) groups is 1. The Morgan fingerprint density at radius 2 is 1.96 bits per heavy atom. The van der Waals surface area contributed by atoms with Gasteiger partial charge in [-0.05, 0) is 25.1 Å². The van der Waals surface area contributed by atoms with Crippen LogP contribution in [0.5, 0.6) is 0 Å². The normalized spacial score (nSPS) is 27.9. The van der Waals surface area contributed by atoms with Crippen molar-refractivity contribution in [2.75, 3.05) is 13.2 Å². The molecule has 0 bridgehead atoms. The van der Waals surface area contributed by atoms with Crippen LogP contribution in [0.15, 0.2) is 15.8 Å². The predicted molar refractivity (Wildman–Crippen MR) is 105 cm³/mol. The molecule has 9 nitrogen and oxygen atoms in total. The molecule has 4 atom stereocenters. The number of aryl methyl sites for hydroxylation is 1. The molecule has 3 rings (SSSR count). The van der Waals surface area contributed by atoms with Gasteiger partial charge in [-0.25, -0.2) is 9.59 Å². The zero-order chi connectivity index (χ0) is 20.9. The molecule has 28 heavy (non-hydrogen) atoms. The topological polar surface area (TPSA) is 112 Å². The zero-order valence-electron chi connectivity index (χ0n) is 17.2. The third-order valence-corrected chi connectivity index (χ3v) is 10.6. The van der Waals surface area contributed by atoms with E-state index in [1.807, 2.05) is 0 Å². The summed E-state index contributed by atoms with van der Waals surface area (Å²) in [6, 6.07) is 0. The highest BCUT2D eigenvalue weighted by atomic mass is 28.4. The van der Waals surface area contributed by atoms with Gasteiger partial charge in [0.25, 0.3) is 5.56 Å². The summed E-state index contributed by atoms with van der Waals surface area (Å²) in [6.45, 7) is 13.1. The average molecular weight is 412 g/mol. The molecule has 2 saturated heterocycles. The van der Waals surface area contributed by atoms with Crippen molar-refractivity contribution in [2.24, 2.45) is 5.92 Å². The van der Waals surface area contributed by atoms with E-state index < -0.39 is 38.0 Å². The molecule has 0 radical (unpaired) electrons. The highest BCUT2D eigenvalue weighted by molar-refractivity contribution is 6.74. The number of ether oxygens (including phenoxy) is 2. The SMILES string of the molecule is Cc1cn([C@@H]2O[C@H](CO[Si](C)(C)C(C)(C)C)[C@H]3CNC(=O)O[C@H]32)c(=O)[nH]c1=O. The third kappa shape index (κ3) is 3.81. The van der Waals surface area contributed by atoms with Gasteiger partial charge in [0.15, 0.2) is 20.6 Å². The lowest BCUT2D eigenvalue weighted by atomic mass is 9.97. The minimum absolute atomic E-state index is 0.0503. The molecule has 0 spiro atoms. The van der Waals surface area contributed by atoms with Crippen molar-refractivity contribution >= 4 is 14.4 Å². The van der Waals surface area contributed by atoms with E-state index in [9.17, 15) is 14.4 Å². The maximum Gasteiger partial charge on any atom is 0.407 e. The van der Waals surface area contributed by atoms with Crippen LogP contribution in [-0.4, -0.2) is 49.3 Å². The van der Waals surface area contributed by atoms with Crippen molar-refractivity contribution in [1.82, 2.24) is 14.9 Å². The molecule has 0 unspecified atom stereocenters. The average Bonchev–Trinajstić information content (AvgIpc) is 2.93. The Kier molecular flexibility index (Phi) is 5.32. The lowest BCUT2D eigenvalue weighted by Crippen LogP contribution is -2.50. The van der Waals surface area contributed by atoms with Gasteiger partial charge in [0.2, 0.25) is 0 Å². The van der Waals surface area contributed by atoms with Crippen molar-refractivity contribution in [2.45, 2.75) is 64.3 Å². The minimum atomic E-state index is -2.00. The number of aromatic nitrogens is 2. The van der Waals surface area contributed by atoms with Crippen molar-refractivity contribution in [3.8, 4) is 0 Å². The maximum absolute atomic E-state index is 12.3. The summed E-state index contributed by atoms with van der Waals surface area (Å²) in [4.78, 5) is 38.1. The molecule has 1 aromatic rings. The molecule has 2 aliphatic rings. The van der Waals surface area contributed by atoms with Crippen molar-refractivity contribution in [3.05, 3.63) is 32.6 Å². The fourth-order valence-corrected chi connectivity index (χ4v) is 4.22. The molecule has 1 aromatic heterocycles. The van der Waals surface area contributed by atoms with Gasteiger partial charge in [-0.3, -0.25) is 14.3 Å². The maximum atomic E-state index is 12.3. The van der Waals surface area contributed by atoms with Crippen LogP contribution in [0.1, 0.15) is 32.6 Å². The number of nitrogens with one attached hydrogen (secondary N) is 2. The number of rotatable bonds is 4. The highest BCUT2D eigenvalue weighted by Crippen LogP contribution is 2.40. The number of carbonyl (C=O) groups excluding carboxylic acids is 1. The number of amides is 1. The second-order valence-electron chi connectivity index (χ2n) is 9.03. The van der Waals surface area contributed by atoms with Crippen molar-refractivity contribution < 1.29 is 18.7 Å². The molecule has 2 aliphatic heterocycles. The van der Waals surface area contributed by atoms with Gasteiger partial charge in [-0.2, -0.15) is 0 Å². The van der Waals surface area contributed by atoms with E-state index in [-0.39, 0.29) is 17.1 Å². The quantitative estimate of drug-likeness (QED) is 0.726. The summed E-state index contributed by atoms with van der Waals surface area (Å²) >= 11 is 0. The predicted octanol–water partition coefficient (Wildman–Crippen LogP) is 1.49. The van der Waals surface area contributed by atoms with Gasteiger partial charge in [0, 0.05) is 24.2 Å². The highest BCUT2D eigenvalue weighted by Gasteiger charge is 2.51. The Bertz CT molecular complexity index is 871. The molecule has 3 heterocycles. The van der Waals surface area contributed by atoms with Gasteiger partial charge in [-0.15, -0.1) is 0 Å². The number of H-pyrrole nitrogens is 1. The third-order valence-electron chi connectivity index (χ3n) is 6.05. The summed E-state index contributed by atoms with van der Waals surface area (Å²) in [5.74, 6) is -0.161. The molecule has 0 aliphatic carbocycles. The van der Waals surface area contributed by atoms with E-state index in [1.54, 1.807) is 6.92 Å². The Labute approximate surface area is 164 Å². The van der Waals surface area contributed by atoms with E-state index in [0.717, 1.165) is 0 Å². The van der Waals surface area contributed by atoms with E-state index in [1.165, 1.54) is 10.8 Å². The lowest BCUT2D eigenvalue weighted by Gasteiger charge is -2.37. The zero-order valence-corrected chi connectivity index (χ0v) is 18.2. The Morgan fingerprint density at radius 3 is 2.61 bits per heavy atom. The van der Waals surface area contributed by atoms with Gasteiger partial charge >= 0.3 is 11.8 Å². The number of fused-ring (bicyclic) bond motifs is 1. The van der Waals surface area contributed by atoms with Crippen LogP contribution in [0.25, 0.3) is 0 Å². The monoisotopic (exact) mass is 411 g/mol. The standard InChI is InChI=1S/C18H29N3O6Si/c1-10-8-21(16(23)20-14(10)22)15-13-11(7-19-17(24)27-13)12(26-15)9-25-28(5,6)18(2,3)4/h8,11-13,15H,7,9H2,1-6H3,(H,19,24)(H,20,22,23)/t11-,12-,13-,15-/m1/s1. The van der Waals surface area contributed by atoms with Crippen LogP contribution in [0, 0.1) is 12.8 Å². The number of nitrogens with zero attached hydrogens (tertiary/aromatic N) is 1. The van der Waals surface area contributed by atoms with Crippen LogP contribution in [0.3, 0.4) is 0 Å². The Morgan fingerprint density at radius 1 is 1.29 bits per heavy atom. The van der Waals surface area contributed by atoms with E-state index >= 15 is 0 Å². The van der Waals surface area contributed by atoms with Crippen LogP contribution < -0.4 is 16.6 Å². The number of aromatic amines is 1. The van der Waals surface area contributed by atoms with E-state index in [0.29, 0.717) is 18.7 Å². The first-order valence-electron chi connectivity index (χ1n) is 9.47. The van der Waals surface area contributed by atoms with Crippen molar-refractivity contribution in [1.29, 1.82) is 0 Å². The summed E-state index contributed by atoms with van der Waals surface area (Å²) in [6.07, 6.45) is -0.897. The van der Waals surface area contributed by atoms with E-state index in [4.69, 9.17) is 13.9 Å². The molecular formula is C18H29N3O6Si. The number of alkyl carbamates (subject to hydrolysis) is 1. The van der Waals surface area contributed by atoms with Crippen LogP contribution in [-0.2, 0) is 13.9 Å². The lowest BCUT2D eigenvalue weighted by molar-refractivity contribution is -0.0543. The van der Waals surface area contributed by atoms with Gasteiger partial charge in [-0.1, -0.05) is 20.8 Å². The summed E-state index contributed by atoms with van der Waals surface area (Å²) in [7, 11) is -2.00. The molecular weight excluding hydrogens is 382 g/mol. The van der Waals surface area contributed by atoms with Gasteiger partial charge < -0.3 is 19.2 Å². The van der Waals surface area contributed by atoms with Crippen LogP contribution in [0.2, 0.25) is 18.1 Å². The van der Waals surface area contributed by atoms with Gasteiger partial charge in [0.05, 0.1) is 12.7 Å². The molecule has 2 fully saturated rings. The second-order valence-corrected chi connectivity index (χ2v) is 13.8. The minimum Gasteiger partial charge on any atom is -0.441 e. The van der Waals surface area contributed by atoms with Crippen LogP contribution >= 0.6 is 0 Å². The second kappa shape index (κ2) is 7.16. The smallest absolute Gasteiger partial charge is 0.407 e. The molecule has 2 N–H and O–H groups in total. The molecule has 0 aromatic carbocycles. The number of hydrogen-bond donors (Lipinski definition) is 2. The molecule has 10 heteroatoms. The molecule has 0 saturated carbocycles. The summed E-state index contributed by atoms with van der Waals surface area (Å²) in [5, 5.41) is 2.74. The fourth-order valence-electron chi connectivity index (χ4n) is 3.21. The first-order chi connectivity index (χ1) is 12.9. The summed E-state index contributed by atoms with van der Waals surface area (Å²) < 4.78 is 19.2.